The Morgan fingerprint density at radius 2 is 0.963 bits per heavy atom. The van der Waals surface area contributed by atoms with Gasteiger partial charge >= 0.3 is 19.8 Å². The molecule has 54 heavy (non-hydrogen) atoms. The SMILES string of the molecule is CCCCC/C=C\C[C@@H](O)[C@H](O)CCCCCCCC(=O)OC[C@H](COP(=O)(O)O)OC(=O)CCCCCCCCCCC/C=C\CCCCCCCC. The molecule has 0 rings (SSSR count). The third-order valence-corrected chi connectivity index (χ3v) is 10.1. The molecule has 0 radical (unpaired) electrons. The molecule has 0 unspecified atom stereocenters. The number of carbonyl (C=O) groups excluding carboxylic acids is 2. The average Bonchev–Trinajstić information content (AvgIpc) is 3.14. The summed E-state index contributed by atoms with van der Waals surface area (Å²) in [6.07, 6.45) is 36.3. The van der Waals surface area contributed by atoms with Crippen molar-refractivity contribution in [3.05, 3.63) is 24.3 Å². The second kappa shape index (κ2) is 38.3. The molecule has 0 saturated heterocycles. The van der Waals surface area contributed by atoms with Crippen molar-refractivity contribution in [1.29, 1.82) is 0 Å². The van der Waals surface area contributed by atoms with Gasteiger partial charge in [0.25, 0.3) is 0 Å². The first-order chi connectivity index (χ1) is 26.1. The van der Waals surface area contributed by atoms with Crippen LogP contribution in [0.1, 0.15) is 206 Å². The minimum Gasteiger partial charge on any atom is -0.462 e. The van der Waals surface area contributed by atoms with Crippen LogP contribution in [-0.2, 0) is 28.2 Å². The first-order valence-corrected chi connectivity index (χ1v) is 23.3. The summed E-state index contributed by atoms with van der Waals surface area (Å²) < 4.78 is 26.3. The molecule has 4 N–H and O–H groups in total. The van der Waals surface area contributed by atoms with Crippen molar-refractivity contribution in [3.63, 3.8) is 0 Å². The summed E-state index contributed by atoms with van der Waals surface area (Å²) in [5.41, 5.74) is 0. The highest BCUT2D eigenvalue weighted by Crippen LogP contribution is 2.36. The van der Waals surface area contributed by atoms with Crippen LogP contribution in [0.15, 0.2) is 24.3 Å². The minimum absolute atomic E-state index is 0.169. The zero-order chi connectivity index (χ0) is 40.0. The fourth-order valence-corrected chi connectivity index (χ4v) is 6.58. The highest BCUT2D eigenvalue weighted by molar-refractivity contribution is 7.46. The van der Waals surface area contributed by atoms with Gasteiger partial charge in [0.1, 0.15) is 6.61 Å². The van der Waals surface area contributed by atoms with E-state index < -0.39 is 44.7 Å². The topological polar surface area (TPSA) is 160 Å². The highest BCUT2D eigenvalue weighted by Gasteiger charge is 2.23. The molecule has 0 aromatic heterocycles. The Labute approximate surface area is 329 Å². The van der Waals surface area contributed by atoms with Crippen molar-refractivity contribution >= 4 is 19.8 Å². The zero-order valence-electron chi connectivity index (χ0n) is 34.4. The number of hydrogen-bond donors (Lipinski definition) is 4. The Morgan fingerprint density at radius 3 is 1.50 bits per heavy atom. The molecule has 0 aliphatic carbocycles. The van der Waals surface area contributed by atoms with Gasteiger partial charge in [0, 0.05) is 12.8 Å². The minimum atomic E-state index is -4.79. The number of phosphoric ester groups is 1. The molecule has 0 fully saturated rings. The van der Waals surface area contributed by atoms with Crippen molar-refractivity contribution in [2.24, 2.45) is 0 Å². The summed E-state index contributed by atoms with van der Waals surface area (Å²) in [7, 11) is -4.79. The largest absolute Gasteiger partial charge is 0.469 e. The van der Waals surface area contributed by atoms with E-state index in [0.29, 0.717) is 25.7 Å². The molecule has 11 heteroatoms. The number of unbranched alkanes of at least 4 members (excludes halogenated alkanes) is 22. The van der Waals surface area contributed by atoms with Gasteiger partial charge in [-0.2, -0.15) is 0 Å². The molecular weight excluding hydrogens is 707 g/mol. The van der Waals surface area contributed by atoms with Gasteiger partial charge in [-0.3, -0.25) is 14.1 Å². The Balaban J connectivity index is 4.00. The van der Waals surface area contributed by atoms with Gasteiger partial charge in [-0.1, -0.05) is 154 Å². The number of ether oxygens (including phenoxy) is 2. The smallest absolute Gasteiger partial charge is 0.462 e. The zero-order valence-corrected chi connectivity index (χ0v) is 35.2. The van der Waals surface area contributed by atoms with E-state index >= 15 is 0 Å². The van der Waals surface area contributed by atoms with Crippen molar-refractivity contribution in [3.8, 4) is 0 Å². The molecule has 3 atom stereocenters. The first kappa shape index (κ1) is 52.5. The number of aliphatic hydroxyl groups excluding tert-OH is 2. The van der Waals surface area contributed by atoms with Crippen LogP contribution in [-0.4, -0.2) is 63.5 Å². The number of esters is 2. The Bertz CT molecular complexity index is 966. The lowest BCUT2D eigenvalue weighted by Gasteiger charge is -2.18. The third kappa shape index (κ3) is 38.7. The molecule has 0 heterocycles. The maximum atomic E-state index is 12.4. The van der Waals surface area contributed by atoms with Crippen molar-refractivity contribution < 1.29 is 48.2 Å². The lowest BCUT2D eigenvalue weighted by atomic mass is 10.0. The Kier molecular flexibility index (Phi) is 37.2. The van der Waals surface area contributed by atoms with Gasteiger partial charge in [0.05, 0.1) is 18.8 Å². The van der Waals surface area contributed by atoms with Crippen LogP contribution < -0.4 is 0 Å². The van der Waals surface area contributed by atoms with E-state index in [1.165, 1.54) is 96.3 Å². The summed E-state index contributed by atoms with van der Waals surface area (Å²) in [6, 6.07) is 0. The van der Waals surface area contributed by atoms with E-state index in [0.717, 1.165) is 57.8 Å². The summed E-state index contributed by atoms with van der Waals surface area (Å²) in [5.74, 6) is -0.993. The number of rotatable bonds is 40. The molecule has 10 nitrogen and oxygen atoms in total. The maximum Gasteiger partial charge on any atom is 0.469 e. The molecule has 0 bridgehead atoms. The molecule has 0 aliphatic heterocycles. The number of allylic oxidation sites excluding steroid dienone is 3. The van der Waals surface area contributed by atoms with Crippen LogP contribution in [0.2, 0.25) is 0 Å². The van der Waals surface area contributed by atoms with Gasteiger partial charge in [-0.05, 0) is 64.2 Å². The number of phosphoric acid groups is 1. The van der Waals surface area contributed by atoms with Crippen molar-refractivity contribution in [2.75, 3.05) is 13.2 Å². The summed E-state index contributed by atoms with van der Waals surface area (Å²) >= 11 is 0. The second-order valence-corrected chi connectivity index (χ2v) is 16.2. The summed E-state index contributed by atoms with van der Waals surface area (Å²) in [5, 5.41) is 20.3. The van der Waals surface area contributed by atoms with E-state index in [1.54, 1.807) is 0 Å². The number of carbonyl (C=O) groups is 2. The maximum absolute atomic E-state index is 12.4. The quantitative estimate of drug-likeness (QED) is 0.0204. The molecule has 0 aromatic carbocycles. The number of aliphatic hydroxyl groups is 2. The van der Waals surface area contributed by atoms with Crippen LogP contribution in [0, 0.1) is 0 Å². The lowest BCUT2D eigenvalue weighted by molar-refractivity contribution is -0.161. The number of hydrogen-bond acceptors (Lipinski definition) is 8. The molecule has 0 aliphatic rings. The van der Waals surface area contributed by atoms with Crippen LogP contribution >= 0.6 is 7.82 Å². The highest BCUT2D eigenvalue weighted by atomic mass is 31.2. The van der Waals surface area contributed by atoms with Crippen LogP contribution in [0.4, 0.5) is 0 Å². The molecule has 0 amide bonds. The van der Waals surface area contributed by atoms with Gasteiger partial charge in [0.15, 0.2) is 6.10 Å². The summed E-state index contributed by atoms with van der Waals surface area (Å²) in [4.78, 5) is 42.9. The third-order valence-electron chi connectivity index (χ3n) is 9.64. The van der Waals surface area contributed by atoms with E-state index in [-0.39, 0.29) is 19.4 Å². The fourth-order valence-electron chi connectivity index (χ4n) is 6.21. The van der Waals surface area contributed by atoms with E-state index in [9.17, 15) is 24.4 Å². The van der Waals surface area contributed by atoms with E-state index in [4.69, 9.17) is 19.3 Å². The van der Waals surface area contributed by atoms with E-state index in [2.05, 4.69) is 36.6 Å². The summed E-state index contributed by atoms with van der Waals surface area (Å²) in [6.45, 7) is 3.50. The van der Waals surface area contributed by atoms with Gasteiger partial charge in [0.2, 0.25) is 0 Å². The van der Waals surface area contributed by atoms with Gasteiger partial charge < -0.3 is 29.5 Å². The molecule has 318 valence electrons. The van der Waals surface area contributed by atoms with Crippen LogP contribution in [0.5, 0.6) is 0 Å². The van der Waals surface area contributed by atoms with Crippen molar-refractivity contribution in [1.82, 2.24) is 0 Å². The standard InChI is InChI=1S/C43H81O10P/c1-3-5-7-9-11-12-13-14-15-16-17-18-19-20-21-22-23-27-32-36-43(47)53-39(38-52-54(48,49)50)37-51-42(46)35-31-28-24-26-30-34-41(45)40(44)33-29-25-10-8-6-4-2/h14-15,25,29,39-41,44-45H,3-13,16-24,26-28,30-38H2,1-2H3,(H2,48,49,50)/b15-14-,29-25-/t39-,40-,41-/m1/s1. The van der Waals surface area contributed by atoms with E-state index in [1.807, 2.05) is 6.08 Å². The average molecular weight is 789 g/mol. The Morgan fingerprint density at radius 1 is 0.537 bits per heavy atom. The lowest BCUT2D eigenvalue weighted by Crippen LogP contribution is -2.29. The van der Waals surface area contributed by atoms with Crippen LogP contribution in [0.3, 0.4) is 0 Å². The predicted molar refractivity (Wildman–Crippen MR) is 219 cm³/mol. The molecule has 0 aromatic rings. The molecule has 0 spiro atoms. The second-order valence-electron chi connectivity index (χ2n) is 15.0. The van der Waals surface area contributed by atoms with Gasteiger partial charge in [-0.15, -0.1) is 0 Å². The molecule has 0 saturated carbocycles. The first-order valence-electron chi connectivity index (χ1n) is 21.8. The van der Waals surface area contributed by atoms with Gasteiger partial charge in [-0.25, -0.2) is 4.57 Å². The normalized spacial score (nSPS) is 13.8. The fraction of sp³-hybridized carbons (Fsp3) is 0.860. The Hall–Kier alpha value is -1.55. The van der Waals surface area contributed by atoms with Crippen LogP contribution in [0.25, 0.3) is 0 Å². The predicted octanol–water partition coefficient (Wildman–Crippen LogP) is 11.1. The monoisotopic (exact) mass is 789 g/mol. The van der Waals surface area contributed by atoms with Crippen molar-refractivity contribution in [2.45, 2.75) is 225 Å². The molecular formula is C43H81O10P.